The Bertz CT molecular complexity index is 1330. The maximum absolute atomic E-state index is 12.1. The lowest BCUT2D eigenvalue weighted by Crippen LogP contribution is -2.43. The lowest BCUT2D eigenvalue weighted by Gasteiger charge is -2.32. The second-order valence-electron chi connectivity index (χ2n) is 8.92. The molecule has 0 radical (unpaired) electrons. The monoisotopic (exact) mass is 509 g/mol. The van der Waals surface area contributed by atoms with Crippen molar-refractivity contribution in [1.29, 1.82) is 5.26 Å². The minimum atomic E-state index is -0.970. The van der Waals surface area contributed by atoms with E-state index in [1.54, 1.807) is 11.0 Å². The predicted octanol–water partition coefficient (Wildman–Crippen LogP) is 2.21. The number of hydrogen-bond acceptors (Lipinski definition) is 10. The van der Waals surface area contributed by atoms with Crippen molar-refractivity contribution in [2.75, 3.05) is 32.0 Å². The van der Waals surface area contributed by atoms with Gasteiger partial charge in [-0.05, 0) is 38.2 Å². The second kappa shape index (κ2) is 10.2. The van der Waals surface area contributed by atoms with Gasteiger partial charge >= 0.3 is 0 Å². The minimum absolute atomic E-state index is 0.215. The van der Waals surface area contributed by atoms with Gasteiger partial charge in [-0.25, -0.2) is 15.0 Å². The number of aryl methyl sites for hydroxylation is 1. The Hall–Kier alpha value is -3.56. The first-order valence-corrected chi connectivity index (χ1v) is 12.7. The van der Waals surface area contributed by atoms with Crippen LogP contribution in [0.1, 0.15) is 31.7 Å². The number of aliphatic hydroxyl groups excluding tert-OH is 1. The van der Waals surface area contributed by atoms with Crippen LogP contribution in [0, 0.1) is 17.2 Å². The van der Waals surface area contributed by atoms with E-state index in [-0.39, 0.29) is 5.91 Å². The van der Waals surface area contributed by atoms with Crippen molar-refractivity contribution >= 4 is 34.7 Å². The lowest BCUT2D eigenvalue weighted by atomic mass is 9.93. The first-order chi connectivity index (χ1) is 17.4. The molecule has 1 amide bonds. The average Bonchev–Trinajstić information content (AvgIpc) is 3.25. The molecule has 2 aliphatic heterocycles. The molecule has 0 aliphatic carbocycles. The van der Waals surface area contributed by atoms with Gasteiger partial charge in [0.1, 0.15) is 31.7 Å². The summed E-state index contributed by atoms with van der Waals surface area (Å²) in [5.74, 6) is 1.66. The van der Waals surface area contributed by atoms with Crippen molar-refractivity contribution in [3.05, 3.63) is 24.0 Å². The maximum atomic E-state index is 12.1. The van der Waals surface area contributed by atoms with Gasteiger partial charge in [0.25, 0.3) is 5.91 Å². The highest BCUT2D eigenvalue weighted by atomic mass is 32.2. The Labute approximate surface area is 212 Å². The van der Waals surface area contributed by atoms with Crippen LogP contribution >= 0.6 is 11.8 Å². The number of nitrogens with two attached hydrogens (primary N) is 1. The van der Waals surface area contributed by atoms with Crippen LogP contribution in [0.2, 0.25) is 0 Å². The molecule has 2 aliphatic rings. The number of nitrogen functional groups attached to an aromatic ring is 1. The molecule has 3 aromatic rings. The fourth-order valence-electron chi connectivity index (χ4n) is 4.57. The van der Waals surface area contributed by atoms with Gasteiger partial charge in [0.2, 0.25) is 0 Å². The summed E-state index contributed by atoms with van der Waals surface area (Å²) in [5, 5.41) is 20.0. The number of fused-ring (bicyclic) bond motifs is 2. The number of imidazole rings is 1. The fourth-order valence-corrected chi connectivity index (χ4v) is 5.57. The van der Waals surface area contributed by atoms with Crippen molar-refractivity contribution in [2.24, 2.45) is 5.92 Å². The molecule has 0 bridgehead atoms. The zero-order valence-corrected chi connectivity index (χ0v) is 20.7. The van der Waals surface area contributed by atoms with Crippen LogP contribution in [0.3, 0.4) is 0 Å². The van der Waals surface area contributed by atoms with Crippen molar-refractivity contribution in [3.63, 3.8) is 0 Å². The van der Waals surface area contributed by atoms with Crippen LogP contribution in [0.5, 0.6) is 11.5 Å². The number of nitriles is 1. The summed E-state index contributed by atoms with van der Waals surface area (Å²) >= 11 is 1.36. The third kappa shape index (κ3) is 4.76. The number of anilines is 1. The van der Waals surface area contributed by atoms with Crippen molar-refractivity contribution in [3.8, 4) is 17.6 Å². The number of carbonyl (C=O) groups is 1. The van der Waals surface area contributed by atoms with Crippen molar-refractivity contribution < 1.29 is 19.4 Å². The van der Waals surface area contributed by atoms with Crippen LogP contribution in [0.15, 0.2) is 28.5 Å². The Morgan fingerprint density at radius 1 is 1.28 bits per heavy atom. The van der Waals surface area contributed by atoms with Crippen molar-refractivity contribution in [1.82, 2.24) is 24.4 Å². The van der Waals surface area contributed by atoms with Gasteiger partial charge in [-0.1, -0.05) is 11.8 Å². The van der Waals surface area contributed by atoms with Gasteiger partial charge in [0.15, 0.2) is 33.6 Å². The van der Waals surface area contributed by atoms with E-state index in [0.717, 1.165) is 19.3 Å². The number of aromatic nitrogens is 4. The lowest BCUT2D eigenvalue weighted by molar-refractivity contribution is -0.140. The van der Waals surface area contributed by atoms with Crippen LogP contribution < -0.4 is 15.2 Å². The summed E-state index contributed by atoms with van der Waals surface area (Å²) in [6, 6.07) is 5.74. The summed E-state index contributed by atoms with van der Waals surface area (Å²) in [5.41, 5.74) is 7.74. The summed E-state index contributed by atoms with van der Waals surface area (Å²) in [4.78, 5) is 27.8. The largest absolute Gasteiger partial charge is 0.486 e. The number of ether oxygens (including phenoxy) is 2. The zero-order chi connectivity index (χ0) is 25.2. The number of piperidine rings is 1. The van der Waals surface area contributed by atoms with Crippen LogP contribution in [0.4, 0.5) is 5.82 Å². The molecule has 5 rings (SSSR count). The molecule has 3 N–H and O–H groups in total. The highest BCUT2D eigenvalue weighted by Crippen LogP contribution is 2.40. The number of nitrogens with zero attached hydrogens (tertiary/aromatic N) is 6. The summed E-state index contributed by atoms with van der Waals surface area (Å²) in [7, 11) is 0. The normalized spacial score (nSPS) is 16.6. The molecule has 1 aromatic carbocycles. The number of likely N-dealkylation sites (tertiary alicyclic amines) is 1. The van der Waals surface area contributed by atoms with Crippen LogP contribution in [-0.2, 0) is 11.3 Å². The number of benzene rings is 1. The molecule has 0 spiro atoms. The molecule has 12 heteroatoms. The molecule has 2 aromatic heterocycles. The summed E-state index contributed by atoms with van der Waals surface area (Å²) in [6.45, 7) is 4.33. The third-order valence-electron chi connectivity index (χ3n) is 6.54. The van der Waals surface area contributed by atoms with E-state index in [0.29, 0.717) is 82.9 Å². The Balaban J connectivity index is 1.38. The van der Waals surface area contributed by atoms with Gasteiger partial charge in [0.05, 0.1) is 5.56 Å². The smallest absolute Gasteiger partial charge is 0.251 e. The maximum Gasteiger partial charge on any atom is 0.251 e. The van der Waals surface area contributed by atoms with Gasteiger partial charge < -0.3 is 29.8 Å². The van der Waals surface area contributed by atoms with E-state index < -0.39 is 6.10 Å². The summed E-state index contributed by atoms with van der Waals surface area (Å²) in [6.07, 6.45) is 3.06. The molecule has 188 valence electrons. The zero-order valence-electron chi connectivity index (χ0n) is 19.9. The van der Waals surface area contributed by atoms with Gasteiger partial charge in [0, 0.05) is 30.6 Å². The van der Waals surface area contributed by atoms with Crippen molar-refractivity contribution in [2.45, 2.75) is 48.9 Å². The van der Waals surface area contributed by atoms with E-state index in [1.807, 2.05) is 10.6 Å². The Morgan fingerprint density at radius 3 is 2.69 bits per heavy atom. The number of hydrogen-bond donors (Lipinski definition) is 2. The quantitative estimate of drug-likeness (QED) is 0.506. The molecule has 0 saturated carbocycles. The van der Waals surface area contributed by atoms with Crippen LogP contribution in [0.25, 0.3) is 11.2 Å². The standard InChI is InChI=1S/C24H27N7O4S/c1-14(32)23(33)30-5-2-15(3-6-30)4-7-31-22-20(21(26)27-13-28-22)29-24(31)36-19-11-18-17(10-16(19)12-25)34-8-9-35-18/h10-11,13-15,32H,2-9H2,1H3,(H2,26,27,28). The van der Waals surface area contributed by atoms with E-state index in [1.165, 1.54) is 25.0 Å². The fraction of sp³-hybridized carbons (Fsp3) is 0.458. The molecular formula is C24H27N7O4S. The highest BCUT2D eigenvalue weighted by molar-refractivity contribution is 7.99. The van der Waals surface area contributed by atoms with Gasteiger partial charge in [-0.3, -0.25) is 4.79 Å². The Morgan fingerprint density at radius 2 is 2.00 bits per heavy atom. The van der Waals surface area contributed by atoms with Gasteiger partial charge in [-0.2, -0.15) is 5.26 Å². The first-order valence-electron chi connectivity index (χ1n) is 11.9. The van der Waals surface area contributed by atoms with E-state index in [9.17, 15) is 15.2 Å². The number of amides is 1. The van der Waals surface area contributed by atoms with E-state index in [4.69, 9.17) is 20.2 Å². The number of rotatable bonds is 6. The van der Waals surface area contributed by atoms with Crippen LogP contribution in [-0.4, -0.2) is 67.8 Å². The molecule has 4 heterocycles. The Kier molecular flexibility index (Phi) is 6.84. The van der Waals surface area contributed by atoms with E-state index in [2.05, 4.69) is 16.0 Å². The minimum Gasteiger partial charge on any atom is -0.486 e. The predicted molar refractivity (Wildman–Crippen MR) is 132 cm³/mol. The molecular weight excluding hydrogens is 482 g/mol. The van der Waals surface area contributed by atoms with E-state index >= 15 is 0 Å². The molecule has 36 heavy (non-hydrogen) atoms. The highest BCUT2D eigenvalue weighted by Gasteiger charge is 2.26. The SMILES string of the molecule is CC(O)C(=O)N1CCC(CCn2c(Sc3cc4c(cc3C#N)OCCO4)nc3c(N)ncnc32)CC1. The second-order valence-corrected chi connectivity index (χ2v) is 9.93. The average molecular weight is 510 g/mol. The number of carbonyl (C=O) groups excluding carboxylic acids is 1. The van der Waals surface area contributed by atoms with Gasteiger partial charge in [-0.15, -0.1) is 0 Å². The molecule has 1 saturated heterocycles. The molecule has 11 nitrogen and oxygen atoms in total. The molecule has 1 fully saturated rings. The topological polar surface area (TPSA) is 152 Å². The third-order valence-corrected chi connectivity index (χ3v) is 7.59. The number of aliphatic hydroxyl groups is 1. The molecule has 1 atom stereocenters. The summed E-state index contributed by atoms with van der Waals surface area (Å²) < 4.78 is 13.4. The molecule has 1 unspecified atom stereocenters. The first kappa shape index (κ1) is 24.1.